The van der Waals surface area contributed by atoms with Crippen LogP contribution >= 0.6 is 0 Å². The fourth-order valence-corrected chi connectivity index (χ4v) is 7.53. The number of piperazine rings is 1. The number of benzene rings is 1. The standard InChI is InChI=1S/C31H34FN7O5/c32-23-11-21-22(31(44)39(30(21)43)24-4-6-27(40)35-29(24)42)12-25(23)38-16-19-2-3-20(38)15-37(19)14-17-7-9-36(10-8-17)26-5-1-18(13-34-26)28(33)41/h1,5,11-13,17,19-20,24H,2-4,6-10,14-16H2,(H2,33,41)(H,35,40,42). The quantitative estimate of drug-likeness (QED) is 0.466. The number of piperidine rings is 4. The highest BCUT2D eigenvalue weighted by Gasteiger charge is 2.46. The number of imide groups is 2. The van der Waals surface area contributed by atoms with Crippen LogP contribution in [0.25, 0.3) is 0 Å². The number of carbonyl (C=O) groups is 5. The first-order valence-corrected chi connectivity index (χ1v) is 15.2. The summed E-state index contributed by atoms with van der Waals surface area (Å²) in [6, 6.07) is 5.40. The Morgan fingerprint density at radius 2 is 1.68 bits per heavy atom. The maximum atomic E-state index is 15.6. The lowest BCUT2D eigenvalue weighted by Crippen LogP contribution is -2.63. The van der Waals surface area contributed by atoms with E-state index in [1.54, 1.807) is 6.07 Å². The van der Waals surface area contributed by atoms with Crippen LogP contribution in [-0.2, 0) is 9.59 Å². The van der Waals surface area contributed by atoms with E-state index in [2.05, 4.69) is 20.1 Å². The fourth-order valence-electron chi connectivity index (χ4n) is 7.53. The predicted molar refractivity (Wildman–Crippen MR) is 156 cm³/mol. The van der Waals surface area contributed by atoms with E-state index in [0.717, 1.165) is 68.6 Å². The van der Waals surface area contributed by atoms with Crippen molar-refractivity contribution in [1.29, 1.82) is 0 Å². The highest BCUT2D eigenvalue weighted by atomic mass is 19.1. The smallest absolute Gasteiger partial charge is 0.262 e. The largest absolute Gasteiger partial charge is 0.366 e. The molecule has 3 N–H and O–H groups in total. The summed E-state index contributed by atoms with van der Waals surface area (Å²) in [7, 11) is 0. The molecule has 6 aliphatic rings. The normalized spacial score (nSPS) is 25.9. The van der Waals surface area contributed by atoms with E-state index in [4.69, 9.17) is 5.73 Å². The molecule has 0 radical (unpaired) electrons. The fraction of sp³-hybridized carbons (Fsp3) is 0.484. The number of hydrogen-bond acceptors (Lipinski definition) is 9. The van der Waals surface area contributed by atoms with Gasteiger partial charge in [-0.25, -0.2) is 9.37 Å². The number of amides is 5. The number of pyridine rings is 1. The summed E-state index contributed by atoms with van der Waals surface area (Å²) >= 11 is 0. The summed E-state index contributed by atoms with van der Waals surface area (Å²) in [6.45, 7) is 4.16. The molecular weight excluding hydrogens is 569 g/mol. The van der Waals surface area contributed by atoms with Crippen molar-refractivity contribution in [3.8, 4) is 0 Å². The van der Waals surface area contributed by atoms with Gasteiger partial charge in [0.05, 0.1) is 22.4 Å². The Morgan fingerprint density at radius 3 is 2.32 bits per heavy atom. The van der Waals surface area contributed by atoms with Crippen molar-refractivity contribution in [3.63, 3.8) is 0 Å². The molecule has 8 rings (SSSR count). The van der Waals surface area contributed by atoms with E-state index < -0.39 is 41.4 Å². The third-order valence-electron chi connectivity index (χ3n) is 9.92. The molecule has 230 valence electrons. The minimum Gasteiger partial charge on any atom is -0.366 e. The molecule has 7 heterocycles. The molecule has 1 aromatic heterocycles. The lowest BCUT2D eigenvalue weighted by Gasteiger charge is -2.53. The molecule has 6 aliphatic heterocycles. The Hall–Kier alpha value is -4.39. The van der Waals surface area contributed by atoms with Gasteiger partial charge in [0, 0.05) is 57.4 Å². The van der Waals surface area contributed by atoms with Crippen molar-refractivity contribution >= 4 is 41.0 Å². The zero-order chi connectivity index (χ0) is 30.7. The Bertz CT molecular complexity index is 1560. The maximum Gasteiger partial charge on any atom is 0.262 e. The minimum absolute atomic E-state index is 0.0271. The van der Waals surface area contributed by atoms with E-state index in [1.807, 2.05) is 11.0 Å². The van der Waals surface area contributed by atoms with Crippen molar-refractivity contribution in [2.45, 2.75) is 56.7 Å². The molecule has 3 unspecified atom stereocenters. The van der Waals surface area contributed by atoms with E-state index in [1.165, 1.54) is 12.3 Å². The number of aromatic nitrogens is 1. The van der Waals surface area contributed by atoms with Crippen molar-refractivity contribution in [3.05, 3.63) is 53.0 Å². The summed E-state index contributed by atoms with van der Waals surface area (Å²) in [4.78, 5) is 73.8. The van der Waals surface area contributed by atoms with Crippen LogP contribution in [0.5, 0.6) is 0 Å². The second kappa shape index (κ2) is 11.0. The van der Waals surface area contributed by atoms with E-state index in [9.17, 15) is 24.0 Å². The first-order chi connectivity index (χ1) is 21.2. The molecule has 44 heavy (non-hydrogen) atoms. The molecule has 0 saturated carbocycles. The number of primary amides is 1. The van der Waals surface area contributed by atoms with Gasteiger partial charge in [-0.2, -0.15) is 0 Å². The van der Waals surface area contributed by atoms with Gasteiger partial charge in [-0.3, -0.25) is 39.1 Å². The van der Waals surface area contributed by atoms with Crippen LogP contribution in [-0.4, -0.2) is 95.2 Å². The molecule has 5 saturated heterocycles. The van der Waals surface area contributed by atoms with Gasteiger partial charge in [-0.15, -0.1) is 0 Å². The van der Waals surface area contributed by atoms with Gasteiger partial charge in [0.25, 0.3) is 11.8 Å². The number of fused-ring (bicyclic) bond motifs is 4. The van der Waals surface area contributed by atoms with Gasteiger partial charge < -0.3 is 15.5 Å². The lowest BCUT2D eigenvalue weighted by atomic mass is 9.87. The second-order valence-corrected chi connectivity index (χ2v) is 12.5. The molecule has 5 amide bonds. The minimum atomic E-state index is -1.09. The predicted octanol–water partition coefficient (Wildman–Crippen LogP) is 1.29. The number of carbonyl (C=O) groups excluding carboxylic acids is 5. The van der Waals surface area contributed by atoms with E-state index >= 15 is 4.39 Å². The van der Waals surface area contributed by atoms with E-state index in [0.29, 0.717) is 23.7 Å². The Labute approximate surface area is 253 Å². The van der Waals surface area contributed by atoms with Crippen LogP contribution in [0.2, 0.25) is 0 Å². The summed E-state index contributed by atoms with van der Waals surface area (Å²) in [5.74, 6) is -2.14. The van der Waals surface area contributed by atoms with Crippen molar-refractivity contribution in [2.24, 2.45) is 11.7 Å². The van der Waals surface area contributed by atoms with Crippen molar-refractivity contribution < 1.29 is 28.4 Å². The van der Waals surface area contributed by atoms with Crippen molar-refractivity contribution in [1.82, 2.24) is 20.1 Å². The van der Waals surface area contributed by atoms with Crippen LogP contribution in [0.15, 0.2) is 30.5 Å². The first-order valence-electron chi connectivity index (χ1n) is 15.2. The highest BCUT2D eigenvalue weighted by molar-refractivity contribution is 6.23. The molecule has 0 spiro atoms. The molecule has 13 heteroatoms. The number of halogens is 1. The maximum absolute atomic E-state index is 15.6. The molecule has 0 aliphatic carbocycles. The van der Waals surface area contributed by atoms with Crippen LogP contribution in [0, 0.1) is 11.7 Å². The average Bonchev–Trinajstić information content (AvgIpc) is 3.25. The molecule has 2 aromatic rings. The molecule has 1 aromatic carbocycles. The number of nitrogens with two attached hydrogens (primary N) is 1. The Kier molecular flexibility index (Phi) is 7.07. The van der Waals surface area contributed by atoms with Gasteiger partial charge in [-0.05, 0) is 62.3 Å². The summed E-state index contributed by atoms with van der Waals surface area (Å²) in [5.41, 5.74) is 6.09. The van der Waals surface area contributed by atoms with Gasteiger partial charge >= 0.3 is 0 Å². The molecule has 3 atom stereocenters. The number of anilines is 2. The third kappa shape index (κ3) is 4.88. The van der Waals surface area contributed by atoms with Gasteiger partial charge in [0.2, 0.25) is 17.7 Å². The van der Waals surface area contributed by atoms with Crippen LogP contribution < -0.4 is 20.9 Å². The number of rotatable bonds is 6. The van der Waals surface area contributed by atoms with Crippen LogP contribution in [0.1, 0.15) is 69.6 Å². The summed E-state index contributed by atoms with van der Waals surface area (Å²) < 4.78 is 15.6. The van der Waals surface area contributed by atoms with Crippen LogP contribution in [0.3, 0.4) is 0 Å². The monoisotopic (exact) mass is 603 g/mol. The third-order valence-corrected chi connectivity index (χ3v) is 9.92. The zero-order valence-electron chi connectivity index (χ0n) is 24.2. The van der Waals surface area contributed by atoms with Gasteiger partial charge in [-0.1, -0.05) is 0 Å². The summed E-state index contributed by atoms with van der Waals surface area (Å²) in [6.07, 6.45) is 5.58. The lowest BCUT2D eigenvalue weighted by molar-refractivity contribution is -0.136. The molecule has 5 fully saturated rings. The highest BCUT2D eigenvalue weighted by Crippen LogP contribution is 2.38. The number of nitrogens with one attached hydrogen (secondary N) is 1. The topological polar surface area (TPSA) is 149 Å². The van der Waals surface area contributed by atoms with Crippen LogP contribution in [0.4, 0.5) is 15.9 Å². The Morgan fingerprint density at radius 1 is 0.955 bits per heavy atom. The van der Waals surface area contributed by atoms with Crippen molar-refractivity contribution in [2.75, 3.05) is 42.5 Å². The average molecular weight is 604 g/mol. The first kappa shape index (κ1) is 28.4. The Balaban J connectivity index is 0.997. The molecule has 12 nitrogen and oxygen atoms in total. The van der Waals surface area contributed by atoms with Gasteiger partial charge in [0.1, 0.15) is 17.7 Å². The summed E-state index contributed by atoms with van der Waals surface area (Å²) in [5, 5.41) is 2.18. The van der Waals surface area contributed by atoms with E-state index in [-0.39, 0.29) is 36.1 Å². The zero-order valence-corrected chi connectivity index (χ0v) is 24.2. The second-order valence-electron chi connectivity index (χ2n) is 12.5. The SMILES string of the molecule is NC(=O)c1ccc(N2CCC(CN3CC4CCC3CN4c3cc4c(cc3F)C(=O)N(C3CCC(=O)NC3=O)C4=O)CC2)nc1. The number of hydrogen-bond donors (Lipinski definition) is 2. The molecule has 2 bridgehead atoms. The molecular formula is C31H34FN7O5. The van der Waals surface area contributed by atoms with Gasteiger partial charge in [0.15, 0.2) is 0 Å². The number of nitrogens with zero attached hydrogens (tertiary/aromatic N) is 5.